The molecule has 0 heterocycles. The van der Waals surface area contributed by atoms with Crippen molar-refractivity contribution >= 4 is 5.78 Å². The Morgan fingerprint density at radius 2 is 0.767 bits per heavy atom. The van der Waals surface area contributed by atoms with Crippen LogP contribution in [0.3, 0.4) is 0 Å². The van der Waals surface area contributed by atoms with Gasteiger partial charge in [-0.25, -0.2) is 0 Å². The van der Waals surface area contributed by atoms with Crippen LogP contribution >= 0.6 is 0 Å². The fourth-order valence-corrected chi connectivity index (χ4v) is 4.12. The van der Waals surface area contributed by atoms with Gasteiger partial charge in [0.1, 0.15) is 0 Å². The van der Waals surface area contributed by atoms with E-state index in [4.69, 9.17) is 0 Å². The minimum atomic E-state index is 0.225. The molecule has 0 aliphatic rings. The number of allylic oxidation sites excluding steroid dienone is 4. The molecule has 0 fully saturated rings. The molecule has 0 aliphatic carbocycles. The van der Waals surface area contributed by atoms with Crippen LogP contribution < -0.4 is 0 Å². The van der Waals surface area contributed by atoms with Crippen LogP contribution in [0.5, 0.6) is 0 Å². The van der Waals surface area contributed by atoms with Gasteiger partial charge in [-0.1, -0.05) is 129 Å². The van der Waals surface area contributed by atoms with Gasteiger partial charge in [0.2, 0.25) is 0 Å². The summed E-state index contributed by atoms with van der Waals surface area (Å²) < 4.78 is 0. The van der Waals surface area contributed by atoms with E-state index in [0.29, 0.717) is 0 Å². The number of hydrogen-bond acceptors (Lipinski definition) is 1. The van der Waals surface area contributed by atoms with E-state index in [1.54, 1.807) is 0 Å². The first-order valence-electron chi connectivity index (χ1n) is 13.6. The molecule has 0 bridgehead atoms. The van der Waals surface area contributed by atoms with Gasteiger partial charge in [0, 0.05) is 0 Å². The second kappa shape index (κ2) is 22.8. The molecule has 0 N–H and O–H groups in total. The highest BCUT2D eigenvalue weighted by atomic mass is 16.1. The third kappa shape index (κ3) is 19.1. The van der Waals surface area contributed by atoms with E-state index in [2.05, 4.69) is 27.7 Å². The van der Waals surface area contributed by atoms with Crippen molar-refractivity contribution in [2.24, 2.45) is 0 Å². The first-order chi connectivity index (χ1) is 14.7. The van der Waals surface area contributed by atoms with E-state index in [0.717, 1.165) is 25.7 Å². The van der Waals surface area contributed by atoms with Crippen molar-refractivity contribution in [2.75, 3.05) is 0 Å². The Balaban J connectivity index is 4.07. The normalized spacial score (nSPS) is 12.5. The molecule has 0 radical (unpaired) electrons. The SMILES string of the molecule is CCCCCCCCCCC(=CC(=O)C=C(CC)CCCCCCCCCC)CC. The van der Waals surface area contributed by atoms with Crippen molar-refractivity contribution in [1.82, 2.24) is 0 Å². The number of ketones is 1. The van der Waals surface area contributed by atoms with Gasteiger partial charge in [-0.15, -0.1) is 0 Å². The quantitative estimate of drug-likeness (QED) is 0.126. The van der Waals surface area contributed by atoms with Gasteiger partial charge in [0.25, 0.3) is 0 Å². The van der Waals surface area contributed by atoms with Crippen LogP contribution in [0.15, 0.2) is 23.3 Å². The monoisotopic (exact) mass is 418 g/mol. The summed E-state index contributed by atoms with van der Waals surface area (Å²) >= 11 is 0. The summed E-state index contributed by atoms with van der Waals surface area (Å²) in [6.45, 7) is 8.92. The molecule has 30 heavy (non-hydrogen) atoms. The van der Waals surface area contributed by atoms with E-state index in [9.17, 15) is 4.79 Å². The highest BCUT2D eigenvalue weighted by Crippen LogP contribution is 2.17. The average molecular weight is 419 g/mol. The third-order valence-electron chi connectivity index (χ3n) is 6.30. The lowest BCUT2D eigenvalue weighted by atomic mass is 9.99. The number of carbonyl (C=O) groups excluding carboxylic acids is 1. The fourth-order valence-electron chi connectivity index (χ4n) is 4.12. The van der Waals surface area contributed by atoms with Crippen LogP contribution in [-0.2, 0) is 4.79 Å². The largest absolute Gasteiger partial charge is 0.290 e. The van der Waals surface area contributed by atoms with Gasteiger partial charge in [-0.3, -0.25) is 4.79 Å². The smallest absolute Gasteiger partial charge is 0.178 e. The topological polar surface area (TPSA) is 17.1 Å². The van der Waals surface area contributed by atoms with Gasteiger partial charge >= 0.3 is 0 Å². The number of carbonyl (C=O) groups is 1. The van der Waals surface area contributed by atoms with E-state index < -0.39 is 0 Å². The second-order valence-corrected chi connectivity index (χ2v) is 9.16. The zero-order valence-corrected chi connectivity index (χ0v) is 21.2. The molecular weight excluding hydrogens is 364 g/mol. The third-order valence-corrected chi connectivity index (χ3v) is 6.30. The van der Waals surface area contributed by atoms with Gasteiger partial charge in [0.15, 0.2) is 5.78 Å². The van der Waals surface area contributed by atoms with E-state index >= 15 is 0 Å². The summed E-state index contributed by atoms with van der Waals surface area (Å²) in [6, 6.07) is 0. The lowest BCUT2D eigenvalue weighted by Crippen LogP contribution is -1.95. The Hall–Kier alpha value is -0.850. The summed E-state index contributed by atoms with van der Waals surface area (Å²) in [5.74, 6) is 0.225. The molecule has 0 saturated carbocycles. The molecule has 176 valence electrons. The van der Waals surface area contributed by atoms with E-state index in [1.807, 2.05) is 12.2 Å². The van der Waals surface area contributed by atoms with Gasteiger partial charge in [0.05, 0.1) is 0 Å². The van der Waals surface area contributed by atoms with Crippen LogP contribution in [0.1, 0.15) is 156 Å². The number of unbranched alkanes of at least 4 members (excludes halogenated alkanes) is 14. The Morgan fingerprint density at radius 1 is 0.467 bits per heavy atom. The highest BCUT2D eigenvalue weighted by molar-refractivity contribution is 6.00. The summed E-state index contributed by atoms with van der Waals surface area (Å²) in [5, 5.41) is 0. The van der Waals surface area contributed by atoms with Crippen LogP contribution in [0.25, 0.3) is 0 Å². The molecule has 0 aromatic heterocycles. The maximum absolute atomic E-state index is 12.5. The maximum Gasteiger partial charge on any atom is 0.178 e. The van der Waals surface area contributed by atoms with Crippen LogP contribution in [-0.4, -0.2) is 5.78 Å². The Labute approximate surface area is 190 Å². The van der Waals surface area contributed by atoms with E-state index in [-0.39, 0.29) is 5.78 Å². The summed E-state index contributed by atoms with van der Waals surface area (Å²) in [6.07, 6.45) is 29.7. The Kier molecular flexibility index (Phi) is 22.2. The molecule has 0 aliphatic heterocycles. The molecule has 0 saturated heterocycles. The van der Waals surface area contributed by atoms with E-state index in [1.165, 1.54) is 114 Å². The Bertz CT molecular complexity index is 403. The van der Waals surface area contributed by atoms with Crippen LogP contribution in [0.2, 0.25) is 0 Å². The zero-order valence-electron chi connectivity index (χ0n) is 21.2. The van der Waals surface area contributed by atoms with Crippen LogP contribution in [0.4, 0.5) is 0 Å². The second-order valence-electron chi connectivity index (χ2n) is 9.16. The standard InChI is InChI=1S/C29H54O/c1-5-9-11-13-15-17-19-21-23-27(7-3)25-29(30)26-28(8-4)24-22-20-18-16-14-12-10-6-2/h25-26H,5-24H2,1-4H3. The fraction of sp³-hybridized carbons (Fsp3) is 0.828. The lowest BCUT2D eigenvalue weighted by molar-refractivity contribution is -0.110. The molecule has 1 nitrogen and oxygen atoms in total. The minimum absolute atomic E-state index is 0.225. The maximum atomic E-state index is 12.5. The summed E-state index contributed by atoms with van der Waals surface area (Å²) in [5.41, 5.74) is 2.68. The Morgan fingerprint density at radius 3 is 1.07 bits per heavy atom. The average Bonchev–Trinajstić information content (AvgIpc) is 2.75. The van der Waals surface area contributed by atoms with Crippen molar-refractivity contribution in [3.63, 3.8) is 0 Å². The predicted octanol–water partition coefficient (Wildman–Crippen LogP) is 10.3. The van der Waals surface area contributed by atoms with Crippen molar-refractivity contribution in [1.29, 1.82) is 0 Å². The summed E-state index contributed by atoms with van der Waals surface area (Å²) in [4.78, 5) is 12.5. The molecule has 0 unspecified atom stereocenters. The minimum Gasteiger partial charge on any atom is -0.290 e. The lowest BCUT2D eigenvalue weighted by Gasteiger charge is -2.06. The van der Waals surface area contributed by atoms with Crippen molar-refractivity contribution in [2.45, 2.75) is 156 Å². The molecule has 0 aromatic carbocycles. The van der Waals surface area contributed by atoms with Gasteiger partial charge < -0.3 is 0 Å². The number of rotatable bonds is 22. The number of hydrogen-bond donors (Lipinski definition) is 0. The molecule has 0 aromatic rings. The van der Waals surface area contributed by atoms with Crippen LogP contribution in [0, 0.1) is 0 Å². The molecular formula is C29H54O. The molecule has 0 amide bonds. The summed E-state index contributed by atoms with van der Waals surface area (Å²) in [7, 11) is 0. The van der Waals surface area contributed by atoms with Gasteiger partial charge in [-0.05, 0) is 50.7 Å². The predicted molar refractivity (Wildman–Crippen MR) is 136 cm³/mol. The zero-order chi connectivity index (χ0) is 22.3. The van der Waals surface area contributed by atoms with Gasteiger partial charge in [-0.2, -0.15) is 0 Å². The van der Waals surface area contributed by atoms with Crippen molar-refractivity contribution in [3.8, 4) is 0 Å². The molecule has 0 rings (SSSR count). The molecule has 0 atom stereocenters. The first-order valence-corrected chi connectivity index (χ1v) is 13.6. The molecule has 0 spiro atoms. The molecule has 1 heteroatoms. The highest BCUT2D eigenvalue weighted by Gasteiger charge is 2.03. The van der Waals surface area contributed by atoms with Crippen molar-refractivity contribution in [3.05, 3.63) is 23.3 Å². The van der Waals surface area contributed by atoms with Crippen molar-refractivity contribution < 1.29 is 4.79 Å². The first kappa shape index (κ1) is 29.1.